The van der Waals surface area contributed by atoms with E-state index in [4.69, 9.17) is 0 Å². The van der Waals surface area contributed by atoms with Crippen molar-refractivity contribution in [2.24, 2.45) is 0 Å². The number of benzene rings is 3. The van der Waals surface area contributed by atoms with Crippen LogP contribution >= 0.6 is 15.9 Å². The van der Waals surface area contributed by atoms with Crippen molar-refractivity contribution >= 4 is 43.5 Å². The lowest BCUT2D eigenvalue weighted by Gasteiger charge is -2.32. The molecule has 10 heteroatoms. The van der Waals surface area contributed by atoms with Gasteiger partial charge in [-0.05, 0) is 60.9 Å². The van der Waals surface area contributed by atoms with Crippen LogP contribution in [0.2, 0.25) is 0 Å². The van der Waals surface area contributed by atoms with Crippen molar-refractivity contribution in [2.45, 2.75) is 38.8 Å². The summed E-state index contributed by atoms with van der Waals surface area (Å²) >= 11 is 3.47. The number of halogens is 2. The average Bonchev–Trinajstić information content (AvgIpc) is 2.89. The maximum atomic E-state index is 13.7. The summed E-state index contributed by atoms with van der Waals surface area (Å²) in [5, 5.41) is 2.86. The Labute approximate surface area is 238 Å². The van der Waals surface area contributed by atoms with E-state index in [0.29, 0.717) is 18.7 Å². The quantitative estimate of drug-likeness (QED) is 0.295. The number of sulfonamides is 1. The van der Waals surface area contributed by atoms with E-state index >= 15 is 0 Å². The molecule has 0 bridgehead atoms. The van der Waals surface area contributed by atoms with E-state index in [0.717, 1.165) is 26.2 Å². The third kappa shape index (κ3) is 9.18. The van der Waals surface area contributed by atoms with Crippen LogP contribution in [0.3, 0.4) is 0 Å². The molecule has 0 spiro atoms. The summed E-state index contributed by atoms with van der Waals surface area (Å²) < 4.78 is 40.3. The van der Waals surface area contributed by atoms with Crippen molar-refractivity contribution in [3.63, 3.8) is 0 Å². The number of anilines is 1. The number of nitrogens with zero attached hydrogens (tertiary/aromatic N) is 2. The van der Waals surface area contributed by atoms with Gasteiger partial charge in [0, 0.05) is 36.9 Å². The third-order valence-corrected chi connectivity index (χ3v) is 7.82. The summed E-state index contributed by atoms with van der Waals surface area (Å²) in [6.45, 7) is 2.49. The molecule has 1 N–H and O–H groups in total. The topological polar surface area (TPSA) is 86.8 Å². The minimum atomic E-state index is -3.66. The highest BCUT2D eigenvalue weighted by Crippen LogP contribution is 2.21. The van der Waals surface area contributed by atoms with E-state index < -0.39 is 21.9 Å². The number of hydrogen-bond acceptors (Lipinski definition) is 4. The maximum Gasteiger partial charge on any atom is 0.243 e. The molecule has 2 amide bonds. The Bertz CT molecular complexity index is 1350. The molecule has 0 unspecified atom stereocenters. The fourth-order valence-corrected chi connectivity index (χ4v) is 5.70. The molecule has 0 radical (unpaired) electrons. The number of rotatable bonds is 13. The van der Waals surface area contributed by atoms with Gasteiger partial charge in [0.25, 0.3) is 0 Å². The lowest BCUT2D eigenvalue weighted by molar-refractivity contribution is -0.141. The predicted octanol–water partition coefficient (Wildman–Crippen LogP) is 4.91. The van der Waals surface area contributed by atoms with Gasteiger partial charge in [-0.15, -0.1) is 0 Å². The molecule has 3 aromatic rings. The Morgan fingerprint density at radius 1 is 0.974 bits per heavy atom. The van der Waals surface area contributed by atoms with Crippen LogP contribution < -0.4 is 9.62 Å². The van der Waals surface area contributed by atoms with Gasteiger partial charge in [0.15, 0.2) is 0 Å². The molecule has 0 fully saturated rings. The van der Waals surface area contributed by atoms with Crippen molar-refractivity contribution in [2.75, 3.05) is 23.7 Å². The summed E-state index contributed by atoms with van der Waals surface area (Å²) in [6, 6.07) is 21.5. The van der Waals surface area contributed by atoms with Gasteiger partial charge in [-0.3, -0.25) is 13.9 Å². The van der Waals surface area contributed by atoms with Crippen molar-refractivity contribution in [3.05, 3.63) is 100 Å². The van der Waals surface area contributed by atoms with Crippen LogP contribution in [0.1, 0.15) is 30.9 Å². The minimum absolute atomic E-state index is 0.0198. The van der Waals surface area contributed by atoms with E-state index in [1.807, 2.05) is 61.5 Å². The van der Waals surface area contributed by atoms with Gasteiger partial charge in [-0.25, -0.2) is 12.8 Å². The van der Waals surface area contributed by atoms with Gasteiger partial charge in [0.05, 0.1) is 11.9 Å². The van der Waals surface area contributed by atoms with Crippen molar-refractivity contribution in [1.82, 2.24) is 10.2 Å². The molecular formula is C29H33BrFN3O4S. The second kappa shape index (κ2) is 14.2. The van der Waals surface area contributed by atoms with Gasteiger partial charge in [0.2, 0.25) is 21.8 Å². The minimum Gasteiger partial charge on any atom is -0.355 e. The largest absolute Gasteiger partial charge is 0.355 e. The van der Waals surface area contributed by atoms with Crippen molar-refractivity contribution < 1.29 is 22.4 Å². The monoisotopic (exact) mass is 617 g/mol. The number of carbonyl (C=O) groups excluding carboxylic acids is 2. The molecule has 0 aliphatic rings. The van der Waals surface area contributed by atoms with Crippen LogP contribution in [-0.2, 0) is 32.6 Å². The standard InChI is InChI=1S/C29H33BrFN3O4S/c1-3-32-29(36)27(20-22-9-5-4-6-10-22)33(21-23-11-7-12-24(30)19-23)28(35)13-8-18-34(39(2,37)38)26-16-14-25(31)15-17-26/h4-7,9-12,14-17,19,27H,3,8,13,18,20-21H2,1-2H3,(H,32,36)/t27-/m1/s1. The summed E-state index contributed by atoms with van der Waals surface area (Å²) in [4.78, 5) is 28.5. The van der Waals surface area contributed by atoms with Crippen LogP contribution in [0.15, 0.2) is 83.3 Å². The number of likely N-dealkylation sites (N-methyl/N-ethyl adjacent to an activating group) is 1. The summed E-state index contributed by atoms with van der Waals surface area (Å²) in [5.41, 5.74) is 2.09. The van der Waals surface area contributed by atoms with Crippen LogP contribution in [0.25, 0.3) is 0 Å². The van der Waals surface area contributed by atoms with Crippen molar-refractivity contribution in [1.29, 1.82) is 0 Å². The SMILES string of the molecule is CCNC(=O)[C@@H](Cc1ccccc1)N(Cc1cccc(Br)c1)C(=O)CCCN(c1ccc(F)cc1)S(C)(=O)=O. The zero-order valence-corrected chi connectivity index (χ0v) is 24.4. The highest BCUT2D eigenvalue weighted by molar-refractivity contribution is 9.10. The molecule has 3 aromatic carbocycles. The number of amides is 2. The normalized spacial score (nSPS) is 12.0. The Morgan fingerprint density at radius 3 is 2.26 bits per heavy atom. The molecule has 7 nitrogen and oxygen atoms in total. The Balaban J connectivity index is 1.85. The zero-order chi connectivity index (χ0) is 28.4. The molecule has 0 aliphatic carbocycles. The van der Waals surface area contributed by atoms with Gasteiger partial charge in [-0.1, -0.05) is 58.4 Å². The van der Waals surface area contributed by atoms with Gasteiger partial charge in [-0.2, -0.15) is 0 Å². The Hall–Kier alpha value is -3.24. The molecule has 208 valence electrons. The molecule has 0 aromatic heterocycles. The first-order valence-electron chi connectivity index (χ1n) is 12.7. The predicted molar refractivity (Wildman–Crippen MR) is 155 cm³/mol. The van der Waals surface area contributed by atoms with E-state index in [-0.39, 0.29) is 37.7 Å². The van der Waals surface area contributed by atoms with Gasteiger partial charge < -0.3 is 10.2 Å². The third-order valence-electron chi connectivity index (χ3n) is 6.13. The average molecular weight is 619 g/mol. The van der Waals surface area contributed by atoms with E-state index in [9.17, 15) is 22.4 Å². The Morgan fingerprint density at radius 2 is 1.64 bits per heavy atom. The summed E-state index contributed by atoms with van der Waals surface area (Å²) in [6.07, 6.45) is 1.64. The van der Waals surface area contributed by atoms with Crippen LogP contribution in [0, 0.1) is 5.82 Å². The zero-order valence-electron chi connectivity index (χ0n) is 22.0. The Kier molecular flexibility index (Phi) is 11.1. The molecule has 3 rings (SSSR count). The molecule has 1 atom stereocenters. The van der Waals surface area contributed by atoms with E-state index in [2.05, 4.69) is 21.2 Å². The molecule has 39 heavy (non-hydrogen) atoms. The second-order valence-corrected chi connectivity index (χ2v) is 12.0. The van der Waals surface area contributed by atoms with Crippen molar-refractivity contribution in [3.8, 4) is 0 Å². The highest BCUT2D eigenvalue weighted by Gasteiger charge is 2.30. The summed E-state index contributed by atoms with van der Waals surface area (Å²) in [5.74, 6) is -0.996. The number of carbonyl (C=O) groups is 2. The molecule has 0 heterocycles. The van der Waals surface area contributed by atoms with Gasteiger partial charge in [0.1, 0.15) is 11.9 Å². The van der Waals surface area contributed by atoms with Gasteiger partial charge >= 0.3 is 0 Å². The highest BCUT2D eigenvalue weighted by atomic mass is 79.9. The lowest BCUT2D eigenvalue weighted by atomic mass is 10.0. The first-order chi connectivity index (χ1) is 18.6. The van der Waals surface area contributed by atoms with E-state index in [1.54, 1.807) is 4.90 Å². The molecule has 0 saturated carbocycles. The van der Waals surface area contributed by atoms with Crippen LogP contribution in [0.4, 0.5) is 10.1 Å². The first kappa shape index (κ1) is 30.3. The van der Waals surface area contributed by atoms with Crippen LogP contribution in [-0.4, -0.2) is 50.5 Å². The maximum absolute atomic E-state index is 13.7. The van der Waals surface area contributed by atoms with Crippen LogP contribution in [0.5, 0.6) is 0 Å². The fraction of sp³-hybridized carbons (Fsp3) is 0.310. The smallest absolute Gasteiger partial charge is 0.243 e. The molecule has 0 saturated heterocycles. The second-order valence-electron chi connectivity index (χ2n) is 9.17. The lowest BCUT2D eigenvalue weighted by Crippen LogP contribution is -2.50. The number of nitrogens with one attached hydrogen (secondary N) is 1. The first-order valence-corrected chi connectivity index (χ1v) is 15.3. The summed E-state index contributed by atoms with van der Waals surface area (Å²) in [7, 11) is -3.66. The molecular weight excluding hydrogens is 585 g/mol. The fourth-order valence-electron chi connectivity index (χ4n) is 4.29. The van der Waals surface area contributed by atoms with E-state index in [1.165, 1.54) is 24.3 Å². The molecule has 0 aliphatic heterocycles. The number of hydrogen-bond donors (Lipinski definition) is 1.